The summed E-state index contributed by atoms with van der Waals surface area (Å²) in [5.74, 6) is -2.06. The molecule has 0 aliphatic carbocycles. The van der Waals surface area contributed by atoms with E-state index < -0.39 is 17.3 Å². The highest BCUT2D eigenvalue weighted by Gasteiger charge is 2.11. The van der Waals surface area contributed by atoms with Crippen molar-refractivity contribution in [1.82, 2.24) is 0 Å². The fourth-order valence-corrected chi connectivity index (χ4v) is 0.853. The van der Waals surface area contributed by atoms with E-state index in [0.29, 0.717) is 5.56 Å². The van der Waals surface area contributed by atoms with Crippen LogP contribution in [0.5, 0.6) is 0 Å². The zero-order valence-electron chi connectivity index (χ0n) is 6.47. The first-order valence-electron chi connectivity index (χ1n) is 3.31. The number of nitrogens with two attached hydrogens (primary N) is 1. The molecule has 0 fully saturated rings. The van der Waals surface area contributed by atoms with Crippen LogP contribution in [0.1, 0.15) is 15.9 Å². The van der Waals surface area contributed by atoms with Crippen molar-refractivity contribution in [3.8, 4) is 0 Å². The van der Waals surface area contributed by atoms with Gasteiger partial charge in [-0.15, -0.1) is 0 Å². The average molecular weight is 169 g/mol. The van der Waals surface area contributed by atoms with E-state index in [1.165, 1.54) is 0 Å². The maximum atomic E-state index is 12.8. The lowest BCUT2D eigenvalue weighted by atomic mass is 10.1. The van der Waals surface area contributed by atoms with Crippen LogP contribution in [0.15, 0.2) is 12.1 Å². The number of aromatic carboxylic acids is 1. The van der Waals surface area contributed by atoms with Crippen LogP contribution in [-0.4, -0.2) is 11.1 Å². The lowest BCUT2D eigenvalue weighted by Crippen LogP contribution is -2.03. The van der Waals surface area contributed by atoms with Gasteiger partial charge in [0, 0.05) is 5.69 Å². The van der Waals surface area contributed by atoms with E-state index >= 15 is 0 Å². The molecule has 0 bridgehead atoms. The minimum atomic E-state index is -1.31. The molecule has 0 aliphatic rings. The quantitative estimate of drug-likeness (QED) is 0.625. The van der Waals surface area contributed by atoms with Gasteiger partial charge < -0.3 is 10.8 Å². The number of rotatable bonds is 1. The summed E-state index contributed by atoms with van der Waals surface area (Å²) in [7, 11) is 0. The molecule has 1 aromatic carbocycles. The summed E-state index contributed by atoms with van der Waals surface area (Å²) >= 11 is 0. The highest BCUT2D eigenvalue weighted by atomic mass is 19.1. The Morgan fingerprint density at radius 1 is 1.58 bits per heavy atom. The van der Waals surface area contributed by atoms with Crippen molar-refractivity contribution in [3.05, 3.63) is 29.1 Å². The summed E-state index contributed by atoms with van der Waals surface area (Å²) in [5, 5.41) is 8.49. The molecule has 3 nitrogen and oxygen atoms in total. The van der Waals surface area contributed by atoms with Crippen LogP contribution in [-0.2, 0) is 0 Å². The molecule has 0 amide bonds. The lowest BCUT2D eigenvalue weighted by Gasteiger charge is -2.02. The Bertz CT molecular complexity index is 336. The molecular formula is C8H8FNO2. The summed E-state index contributed by atoms with van der Waals surface area (Å²) in [5.41, 5.74) is 5.83. The largest absolute Gasteiger partial charge is 0.478 e. The SMILES string of the molecule is Cc1cc(F)c(C(=O)O)cc1N. The Morgan fingerprint density at radius 2 is 2.17 bits per heavy atom. The first-order valence-corrected chi connectivity index (χ1v) is 3.31. The fourth-order valence-electron chi connectivity index (χ4n) is 0.853. The van der Waals surface area contributed by atoms with Gasteiger partial charge in [-0.25, -0.2) is 9.18 Å². The van der Waals surface area contributed by atoms with Crippen molar-refractivity contribution in [2.45, 2.75) is 6.92 Å². The summed E-state index contributed by atoms with van der Waals surface area (Å²) < 4.78 is 12.8. The van der Waals surface area contributed by atoms with Crippen molar-refractivity contribution >= 4 is 11.7 Å². The fraction of sp³-hybridized carbons (Fsp3) is 0.125. The molecule has 0 saturated heterocycles. The second kappa shape index (κ2) is 2.81. The van der Waals surface area contributed by atoms with Gasteiger partial charge in [0.2, 0.25) is 0 Å². The van der Waals surface area contributed by atoms with Crippen LogP contribution in [0.4, 0.5) is 10.1 Å². The number of hydrogen-bond acceptors (Lipinski definition) is 2. The number of halogens is 1. The summed E-state index contributed by atoms with van der Waals surface area (Å²) in [6, 6.07) is 2.23. The number of carboxylic acids is 1. The third-order valence-electron chi connectivity index (χ3n) is 1.59. The van der Waals surface area contributed by atoms with Crippen LogP contribution < -0.4 is 5.73 Å². The molecule has 0 radical (unpaired) electrons. The van der Waals surface area contributed by atoms with Gasteiger partial charge in [-0.2, -0.15) is 0 Å². The molecule has 1 rings (SSSR count). The molecule has 0 atom stereocenters. The minimum absolute atomic E-state index is 0.286. The Balaban J connectivity index is 3.33. The first kappa shape index (κ1) is 8.52. The Morgan fingerprint density at radius 3 is 2.67 bits per heavy atom. The Hall–Kier alpha value is -1.58. The van der Waals surface area contributed by atoms with E-state index in [1.54, 1.807) is 6.92 Å². The lowest BCUT2D eigenvalue weighted by molar-refractivity contribution is 0.0692. The molecule has 12 heavy (non-hydrogen) atoms. The van der Waals surface area contributed by atoms with E-state index in [1.807, 2.05) is 0 Å². The van der Waals surface area contributed by atoms with Crippen LogP contribution in [0.3, 0.4) is 0 Å². The van der Waals surface area contributed by atoms with Gasteiger partial charge >= 0.3 is 5.97 Å². The van der Waals surface area contributed by atoms with Gasteiger partial charge in [0.05, 0.1) is 5.56 Å². The number of carboxylic acid groups (broad SMARTS) is 1. The highest BCUT2D eigenvalue weighted by molar-refractivity contribution is 5.89. The van der Waals surface area contributed by atoms with Crippen LogP contribution in [0.25, 0.3) is 0 Å². The zero-order chi connectivity index (χ0) is 9.30. The topological polar surface area (TPSA) is 63.3 Å². The number of anilines is 1. The third-order valence-corrected chi connectivity index (χ3v) is 1.59. The number of hydrogen-bond donors (Lipinski definition) is 2. The molecule has 0 saturated carbocycles. The number of aryl methyl sites for hydroxylation is 1. The number of nitrogen functional groups attached to an aromatic ring is 1. The van der Waals surface area contributed by atoms with Gasteiger partial charge in [0.15, 0.2) is 0 Å². The van der Waals surface area contributed by atoms with E-state index in [9.17, 15) is 9.18 Å². The van der Waals surface area contributed by atoms with Crippen LogP contribution in [0.2, 0.25) is 0 Å². The summed E-state index contributed by atoms with van der Waals surface area (Å²) in [6.07, 6.45) is 0. The normalized spacial score (nSPS) is 9.83. The summed E-state index contributed by atoms with van der Waals surface area (Å²) in [6.45, 7) is 1.62. The standard InChI is InChI=1S/C8H8FNO2/c1-4-2-6(9)5(8(11)12)3-7(4)10/h2-3H,10H2,1H3,(H,11,12). The average Bonchev–Trinajstić information content (AvgIpc) is 1.96. The maximum absolute atomic E-state index is 12.8. The van der Waals surface area contributed by atoms with Gasteiger partial charge in [0.1, 0.15) is 5.82 Å². The van der Waals surface area contributed by atoms with Crippen LogP contribution >= 0.6 is 0 Å². The second-order valence-corrected chi connectivity index (χ2v) is 2.49. The molecular weight excluding hydrogens is 161 g/mol. The van der Waals surface area contributed by atoms with Crippen molar-refractivity contribution in [3.63, 3.8) is 0 Å². The molecule has 0 heterocycles. The van der Waals surface area contributed by atoms with E-state index in [0.717, 1.165) is 12.1 Å². The van der Waals surface area contributed by atoms with Crippen molar-refractivity contribution in [2.75, 3.05) is 5.73 Å². The number of benzene rings is 1. The first-order chi connectivity index (χ1) is 5.52. The van der Waals surface area contributed by atoms with E-state index in [4.69, 9.17) is 10.8 Å². The summed E-state index contributed by atoms with van der Waals surface area (Å²) in [4.78, 5) is 10.4. The Kier molecular flexibility index (Phi) is 1.99. The number of carbonyl (C=O) groups is 1. The van der Waals surface area contributed by atoms with E-state index in [-0.39, 0.29) is 5.69 Å². The molecule has 4 heteroatoms. The van der Waals surface area contributed by atoms with Gasteiger partial charge in [0.25, 0.3) is 0 Å². The molecule has 0 spiro atoms. The van der Waals surface area contributed by atoms with Gasteiger partial charge in [-0.05, 0) is 24.6 Å². The van der Waals surface area contributed by atoms with Crippen molar-refractivity contribution < 1.29 is 14.3 Å². The van der Waals surface area contributed by atoms with Gasteiger partial charge in [-0.1, -0.05) is 0 Å². The highest BCUT2D eigenvalue weighted by Crippen LogP contribution is 2.16. The molecule has 64 valence electrons. The zero-order valence-corrected chi connectivity index (χ0v) is 6.47. The van der Waals surface area contributed by atoms with Crippen molar-refractivity contribution in [2.24, 2.45) is 0 Å². The van der Waals surface area contributed by atoms with Gasteiger partial charge in [-0.3, -0.25) is 0 Å². The molecule has 0 unspecified atom stereocenters. The maximum Gasteiger partial charge on any atom is 0.338 e. The molecule has 0 aromatic heterocycles. The van der Waals surface area contributed by atoms with E-state index in [2.05, 4.69) is 0 Å². The molecule has 0 aliphatic heterocycles. The smallest absolute Gasteiger partial charge is 0.338 e. The van der Waals surface area contributed by atoms with Crippen molar-refractivity contribution in [1.29, 1.82) is 0 Å². The minimum Gasteiger partial charge on any atom is -0.478 e. The van der Waals surface area contributed by atoms with Crippen LogP contribution in [0, 0.1) is 12.7 Å². The predicted octanol–water partition coefficient (Wildman–Crippen LogP) is 1.41. The molecule has 1 aromatic rings. The second-order valence-electron chi connectivity index (χ2n) is 2.49. The monoisotopic (exact) mass is 169 g/mol. The predicted molar refractivity (Wildman–Crippen MR) is 42.5 cm³/mol. The third kappa shape index (κ3) is 1.37. The Labute approximate surface area is 68.6 Å². The molecule has 3 N–H and O–H groups in total.